The molecular formula is C11H20N2O4. The molecule has 0 aromatic rings. The molecule has 1 heterocycles. The van der Waals surface area contributed by atoms with E-state index in [0.29, 0.717) is 6.61 Å². The van der Waals surface area contributed by atoms with Gasteiger partial charge in [0.25, 0.3) is 0 Å². The van der Waals surface area contributed by atoms with Crippen LogP contribution in [0.4, 0.5) is 4.79 Å². The smallest absolute Gasteiger partial charge is 0.315 e. The minimum Gasteiger partial charge on any atom is -0.481 e. The minimum absolute atomic E-state index is 0.0628. The summed E-state index contributed by atoms with van der Waals surface area (Å²) in [5, 5.41) is 13.8. The SMILES string of the molecule is CC1(C)CC(NC(=O)NCCC(=O)O)CCO1. The summed E-state index contributed by atoms with van der Waals surface area (Å²) in [6.45, 7) is 4.76. The number of hydrogen-bond donors (Lipinski definition) is 3. The highest BCUT2D eigenvalue weighted by molar-refractivity contribution is 5.75. The van der Waals surface area contributed by atoms with Crippen LogP contribution in [0.25, 0.3) is 0 Å². The Bertz CT molecular complexity index is 291. The second-order valence-corrected chi connectivity index (χ2v) is 4.84. The predicted molar refractivity (Wildman–Crippen MR) is 61.8 cm³/mol. The first-order valence-corrected chi connectivity index (χ1v) is 5.79. The van der Waals surface area contributed by atoms with Crippen LogP contribution in [0.15, 0.2) is 0 Å². The van der Waals surface area contributed by atoms with Crippen molar-refractivity contribution in [3.63, 3.8) is 0 Å². The van der Waals surface area contributed by atoms with Gasteiger partial charge in [-0.15, -0.1) is 0 Å². The highest BCUT2D eigenvalue weighted by Crippen LogP contribution is 2.23. The first-order chi connectivity index (χ1) is 7.89. The standard InChI is InChI=1S/C11H20N2O4/c1-11(2)7-8(4-6-17-11)13-10(16)12-5-3-9(14)15/h8H,3-7H2,1-2H3,(H,14,15)(H2,12,13,16). The molecule has 2 amide bonds. The van der Waals surface area contributed by atoms with Gasteiger partial charge in [-0.05, 0) is 26.7 Å². The van der Waals surface area contributed by atoms with E-state index in [1.54, 1.807) is 0 Å². The first kappa shape index (κ1) is 13.8. The van der Waals surface area contributed by atoms with Crippen molar-refractivity contribution in [1.29, 1.82) is 0 Å². The van der Waals surface area contributed by atoms with Crippen LogP contribution in [0.5, 0.6) is 0 Å². The summed E-state index contributed by atoms with van der Waals surface area (Å²) in [4.78, 5) is 21.7. The molecule has 0 saturated carbocycles. The lowest BCUT2D eigenvalue weighted by molar-refractivity contribution is -0.136. The van der Waals surface area contributed by atoms with Gasteiger partial charge in [0, 0.05) is 19.2 Å². The normalized spacial score (nSPS) is 22.8. The van der Waals surface area contributed by atoms with Gasteiger partial charge in [0.2, 0.25) is 0 Å². The lowest BCUT2D eigenvalue weighted by Crippen LogP contribution is -2.49. The molecule has 1 unspecified atom stereocenters. The summed E-state index contributed by atoms with van der Waals surface area (Å²) in [5.41, 5.74) is -0.211. The van der Waals surface area contributed by atoms with Crippen molar-refractivity contribution in [2.24, 2.45) is 0 Å². The predicted octanol–water partition coefficient (Wildman–Crippen LogP) is 0.718. The van der Waals surface area contributed by atoms with E-state index in [9.17, 15) is 9.59 Å². The van der Waals surface area contributed by atoms with Gasteiger partial charge in [-0.2, -0.15) is 0 Å². The number of rotatable bonds is 4. The molecule has 1 atom stereocenters. The molecule has 6 nitrogen and oxygen atoms in total. The lowest BCUT2D eigenvalue weighted by atomic mass is 9.94. The minimum atomic E-state index is -0.919. The Labute approximate surface area is 101 Å². The Balaban J connectivity index is 2.24. The Morgan fingerprint density at radius 1 is 1.47 bits per heavy atom. The van der Waals surface area contributed by atoms with E-state index in [-0.39, 0.29) is 30.6 Å². The zero-order valence-electron chi connectivity index (χ0n) is 10.3. The fraction of sp³-hybridized carbons (Fsp3) is 0.818. The molecule has 17 heavy (non-hydrogen) atoms. The maximum Gasteiger partial charge on any atom is 0.315 e. The summed E-state index contributed by atoms with van der Waals surface area (Å²) >= 11 is 0. The number of carboxylic acids is 1. The summed E-state index contributed by atoms with van der Waals surface area (Å²) in [6.07, 6.45) is 1.49. The number of aliphatic carboxylic acids is 1. The molecule has 0 radical (unpaired) electrons. The van der Waals surface area contributed by atoms with E-state index in [1.807, 2.05) is 13.8 Å². The summed E-state index contributed by atoms with van der Waals surface area (Å²) < 4.78 is 5.54. The number of amides is 2. The quantitative estimate of drug-likeness (QED) is 0.680. The van der Waals surface area contributed by atoms with E-state index >= 15 is 0 Å². The highest BCUT2D eigenvalue weighted by Gasteiger charge is 2.29. The molecule has 0 spiro atoms. The Morgan fingerprint density at radius 3 is 2.76 bits per heavy atom. The molecule has 1 fully saturated rings. The third-order valence-electron chi connectivity index (χ3n) is 2.66. The van der Waals surface area contributed by atoms with Crippen molar-refractivity contribution >= 4 is 12.0 Å². The maximum atomic E-state index is 11.4. The molecule has 1 rings (SSSR count). The average Bonchev–Trinajstić information content (AvgIpc) is 2.14. The van der Waals surface area contributed by atoms with Crippen molar-refractivity contribution in [1.82, 2.24) is 10.6 Å². The van der Waals surface area contributed by atoms with Gasteiger partial charge in [0.15, 0.2) is 0 Å². The molecule has 1 aliphatic rings. The lowest BCUT2D eigenvalue weighted by Gasteiger charge is -2.35. The van der Waals surface area contributed by atoms with Crippen LogP contribution in [0, 0.1) is 0 Å². The molecule has 6 heteroatoms. The van der Waals surface area contributed by atoms with Gasteiger partial charge >= 0.3 is 12.0 Å². The second-order valence-electron chi connectivity index (χ2n) is 4.84. The van der Waals surface area contributed by atoms with E-state index in [4.69, 9.17) is 9.84 Å². The molecule has 0 aromatic heterocycles. The zero-order chi connectivity index (χ0) is 12.9. The van der Waals surface area contributed by atoms with Gasteiger partial charge in [0.1, 0.15) is 0 Å². The number of ether oxygens (including phenoxy) is 1. The van der Waals surface area contributed by atoms with Crippen molar-refractivity contribution in [2.45, 2.75) is 44.8 Å². The number of hydrogen-bond acceptors (Lipinski definition) is 3. The van der Waals surface area contributed by atoms with Crippen molar-refractivity contribution in [3.05, 3.63) is 0 Å². The fourth-order valence-corrected chi connectivity index (χ4v) is 1.87. The Hall–Kier alpha value is -1.30. The zero-order valence-corrected chi connectivity index (χ0v) is 10.3. The number of carbonyl (C=O) groups is 2. The number of carbonyl (C=O) groups excluding carboxylic acids is 1. The van der Waals surface area contributed by atoms with Crippen LogP contribution < -0.4 is 10.6 Å². The molecule has 0 bridgehead atoms. The van der Waals surface area contributed by atoms with E-state index in [1.165, 1.54) is 0 Å². The van der Waals surface area contributed by atoms with Crippen LogP contribution in [-0.4, -0.2) is 41.9 Å². The van der Waals surface area contributed by atoms with Crippen molar-refractivity contribution in [2.75, 3.05) is 13.2 Å². The second kappa shape index (κ2) is 5.86. The Kier molecular flexibility index (Phi) is 4.74. The van der Waals surface area contributed by atoms with E-state index in [0.717, 1.165) is 12.8 Å². The highest BCUT2D eigenvalue weighted by atomic mass is 16.5. The van der Waals surface area contributed by atoms with E-state index in [2.05, 4.69) is 10.6 Å². The monoisotopic (exact) mass is 244 g/mol. The van der Waals surface area contributed by atoms with Crippen LogP contribution in [0.3, 0.4) is 0 Å². The fourth-order valence-electron chi connectivity index (χ4n) is 1.87. The van der Waals surface area contributed by atoms with Gasteiger partial charge in [-0.3, -0.25) is 4.79 Å². The summed E-state index contributed by atoms with van der Waals surface area (Å²) in [5.74, 6) is -0.919. The van der Waals surface area contributed by atoms with Crippen LogP contribution in [0.1, 0.15) is 33.1 Å². The molecule has 1 saturated heterocycles. The van der Waals surface area contributed by atoms with Gasteiger partial charge < -0.3 is 20.5 Å². The molecule has 0 aliphatic carbocycles. The molecule has 98 valence electrons. The largest absolute Gasteiger partial charge is 0.481 e. The van der Waals surface area contributed by atoms with Crippen LogP contribution >= 0.6 is 0 Å². The van der Waals surface area contributed by atoms with Crippen LogP contribution in [0.2, 0.25) is 0 Å². The average molecular weight is 244 g/mol. The van der Waals surface area contributed by atoms with Gasteiger partial charge in [-0.1, -0.05) is 0 Å². The van der Waals surface area contributed by atoms with Gasteiger partial charge in [0.05, 0.1) is 12.0 Å². The van der Waals surface area contributed by atoms with Crippen LogP contribution in [-0.2, 0) is 9.53 Å². The summed E-state index contributed by atoms with van der Waals surface area (Å²) in [7, 11) is 0. The molecule has 1 aliphatic heterocycles. The van der Waals surface area contributed by atoms with Crippen molar-refractivity contribution in [3.8, 4) is 0 Å². The molecule has 3 N–H and O–H groups in total. The third kappa shape index (κ3) is 5.53. The topological polar surface area (TPSA) is 87.7 Å². The number of carboxylic acid groups (broad SMARTS) is 1. The first-order valence-electron chi connectivity index (χ1n) is 5.79. The van der Waals surface area contributed by atoms with Crippen molar-refractivity contribution < 1.29 is 19.4 Å². The van der Waals surface area contributed by atoms with E-state index < -0.39 is 5.97 Å². The van der Waals surface area contributed by atoms with Gasteiger partial charge in [-0.25, -0.2) is 4.79 Å². The number of urea groups is 1. The number of nitrogens with one attached hydrogen (secondary N) is 2. The Morgan fingerprint density at radius 2 is 2.18 bits per heavy atom. The third-order valence-corrected chi connectivity index (χ3v) is 2.66. The summed E-state index contributed by atoms with van der Waals surface area (Å²) in [6, 6.07) is -0.225. The maximum absolute atomic E-state index is 11.4. The molecule has 0 aromatic carbocycles. The molecular weight excluding hydrogens is 224 g/mol.